The van der Waals surface area contributed by atoms with Crippen LogP contribution in [0.4, 0.5) is 30.2 Å². The fourth-order valence-electron chi connectivity index (χ4n) is 3.53. The third-order valence-corrected chi connectivity index (χ3v) is 5.99. The molecule has 0 aliphatic heterocycles. The van der Waals surface area contributed by atoms with Gasteiger partial charge in [-0.1, -0.05) is 24.3 Å². The summed E-state index contributed by atoms with van der Waals surface area (Å²) in [6, 6.07) is 16.4. The van der Waals surface area contributed by atoms with Crippen molar-refractivity contribution in [3.05, 3.63) is 71.3 Å². The summed E-state index contributed by atoms with van der Waals surface area (Å²) in [6.07, 6.45) is -3.37. The number of hydrogen-bond acceptors (Lipinski definition) is 7. The Bertz CT molecular complexity index is 1580. The molecule has 0 fully saturated rings. The first-order valence-corrected chi connectivity index (χ1v) is 10.4. The number of furan rings is 1. The van der Waals surface area contributed by atoms with Gasteiger partial charge in [-0.05, 0) is 30.3 Å². The van der Waals surface area contributed by atoms with Crippen LogP contribution in [0.3, 0.4) is 0 Å². The molecule has 2 N–H and O–H groups in total. The van der Waals surface area contributed by atoms with E-state index in [1.807, 2.05) is 18.2 Å². The van der Waals surface area contributed by atoms with Crippen LogP contribution in [0.2, 0.25) is 0 Å². The molecule has 0 saturated heterocycles. The summed E-state index contributed by atoms with van der Waals surface area (Å²) in [5.74, 6) is 0.186. The van der Waals surface area contributed by atoms with E-state index in [0.717, 1.165) is 22.8 Å². The number of fused-ring (bicyclic) bond motifs is 2. The molecule has 3 heterocycles. The monoisotopic (exact) mass is 463 g/mol. The number of nitrogens with zero attached hydrogens (tertiary/aromatic N) is 4. The fraction of sp³-hybridized carbons (Fsp3) is 0.0435. The molecule has 0 aliphatic rings. The van der Waals surface area contributed by atoms with E-state index in [0.29, 0.717) is 16.8 Å². The number of benzene rings is 2. The molecule has 0 atom stereocenters. The summed E-state index contributed by atoms with van der Waals surface area (Å²) in [4.78, 5) is 4.29. The number of pyridine rings is 1. The average Bonchev–Trinajstić information content (AvgIpc) is 3.45. The summed E-state index contributed by atoms with van der Waals surface area (Å²) < 4.78 is 47.3. The molecule has 3 aromatic heterocycles. The number of thiophene rings is 1. The number of halogens is 3. The lowest BCUT2D eigenvalue weighted by Gasteiger charge is -2.10. The van der Waals surface area contributed by atoms with Gasteiger partial charge in [-0.2, -0.15) is 18.4 Å². The third kappa shape index (κ3) is 3.58. The number of anilines is 1. The van der Waals surface area contributed by atoms with E-state index in [1.54, 1.807) is 30.3 Å². The van der Waals surface area contributed by atoms with E-state index in [9.17, 15) is 18.4 Å². The molecule has 0 spiro atoms. The van der Waals surface area contributed by atoms with E-state index < -0.39 is 11.7 Å². The first-order valence-electron chi connectivity index (χ1n) is 9.54. The number of azo groups is 1. The Labute approximate surface area is 188 Å². The minimum absolute atomic E-state index is 0.0126. The van der Waals surface area contributed by atoms with Crippen molar-refractivity contribution >= 4 is 49.4 Å². The lowest BCUT2D eigenvalue weighted by Crippen LogP contribution is -2.06. The quantitative estimate of drug-likeness (QED) is 0.220. The highest BCUT2D eigenvalue weighted by molar-refractivity contribution is 7.19. The van der Waals surface area contributed by atoms with Gasteiger partial charge in [0.15, 0.2) is 5.76 Å². The van der Waals surface area contributed by atoms with Crippen LogP contribution in [-0.2, 0) is 6.18 Å². The lowest BCUT2D eigenvalue weighted by molar-refractivity contribution is -0.136. The van der Waals surface area contributed by atoms with Crippen LogP contribution in [0.15, 0.2) is 75.5 Å². The molecule has 162 valence electrons. The van der Waals surface area contributed by atoms with E-state index >= 15 is 0 Å². The van der Waals surface area contributed by atoms with Crippen LogP contribution in [-0.4, -0.2) is 4.98 Å². The predicted octanol–water partition coefficient (Wildman–Crippen LogP) is 7.60. The Morgan fingerprint density at radius 1 is 1.03 bits per heavy atom. The number of nitrogens with two attached hydrogens (primary N) is 1. The van der Waals surface area contributed by atoms with Gasteiger partial charge in [-0.15, -0.1) is 21.6 Å². The van der Waals surface area contributed by atoms with Crippen LogP contribution in [0.25, 0.3) is 32.4 Å². The van der Waals surface area contributed by atoms with Crippen molar-refractivity contribution < 1.29 is 17.6 Å². The maximum atomic E-state index is 14.0. The normalized spacial score (nSPS) is 12.1. The minimum Gasteiger partial charge on any atom is -0.463 e. The number of rotatable bonds is 3. The summed E-state index contributed by atoms with van der Waals surface area (Å²) in [5, 5.41) is 19.0. The summed E-state index contributed by atoms with van der Waals surface area (Å²) >= 11 is 0.819. The van der Waals surface area contributed by atoms with Crippen LogP contribution >= 0.6 is 11.3 Å². The minimum atomic E-state index is -4.71. The van der Waals surface area contributed by atoms with Crippen molar-refractivity contribution in [1.82, 2.24) is 4.98 Å². The molecule has 0 aliphatic carbocycles. The number of nitriles is 1. The summed E-state index contributed by atoms with van der Waals surface area (Å²) in [5.41, 5.74) is 5.83. The highest BCUT2D eigenvalue weighted by Crippen LogP contribution is 2.46. The van der Waals surface area contributed by atoms with Gasteiger partial charge in [-0.3, -0.25) is 0 Å². The Kier molecular flexibility index (Phi) is 4.83. The van der Waals surface area contributed by atoms with Crippen molar-refractivity contribution in [2.45, 2.75) is 6.18 Å². The molecule has 33 heavy (non-hydrogen) atoms. The van der Waals surface area contributed by atoms with E-state index in [4.69, 9.17) is 10.2 Å². The number of alkyl halides is 3. The molecule has 5 aromatic rings. The highest BCUT2D eigenvalue weighted by Gasteiger charge is 2.36. The molecular weight excluding hydrogens is 451 g/mol. The zero-order chi connectivity index (χ0) is 23.2. The largest absolute Gasteiger partial charge is 0.463 e. The molecule has 0 radical (unpaired) electrons. The van der Waals surface area contributed by atoms with Crippen LogP contribution in [0.1, 0.15) is 10.4 Å². The second-order valence-corrected chi connectivity index (χ2v) is 8.02. The van der Waals surface area contributed by atoms with Crippen LogP contribution in [0.5, 0.6) is 0 Å². The maximum Gasteiger partial charge on any atom is 0.417 e. The maximum absolute atomic E-state index is 14.0. The topological polar surface area (TPSA) is 101 Å². The molecule has 0 unspecified atom stereocenters. The van der Waals surface area contributed by atoms with Gasteiger partial charge in [0.1, 0.15) is 27.2 Å². The summed E-state index contributed by atoms with van der Waals surface area (Å²) in [7, 11) is 0. The van der Waals surface area contributed by atoms with Crippen molar-refractivity contribution in [3.8, 4) is 17.5 Å². The summed E-state index contributed by atoms with van der Waals surface area (Å²) in [6.45, 7) is 0. The van der Waals surface area contributed by atoms with Crippen molar-refractivity contribution in [1.29, 1.82) is 5.26 Å². The zero-order valence-electron chi connectivity index (χ0n) is 16.6. The zero-order valence-corrected chi connectivity index (χ0v) is 17.4. The Morgan fingerprint density at radius 2 is 1.82 bits per heavy atom. The van der Waals surface area contributed by atoms with Gasteiger partial charge in [0.2, 0.25) is 0 Å². The van der Waals surface area contributed by atoms with Crippen molar-refractivity contribution in [2.24, 2.45) is 10.2 Å². The molecule has 6 nitrogen and oxygen atoms in total. The number of aromatic nitrogens is 1. The van der Waals surface area contributed by atoms with Gasteiger partial charge in [-0.25, -0.2) is 4.98 Å². The predicted molar refractivity (Wildman–Crippen MR) is 120 cm³/mol. The standard InChI is InChI=1S/C23H12F3N5OS/c24-23(25,26)14-10-17(18-6-3-9-32-18)29-22-20(14)21(19(11-27)33-22)31-30-16-8-7-15(28)12-4-1-2-5-13(12)16/h1-10H,28H2. The second-order valence-electron chi connectivity index (χ2n) is 7.02. The van der Waals surface area contributed by atoms with E-state index in [1.165, 1.54) is 12.3 Å². The SMILES string of the molecule is N#Cc1sc2nc(-c3ccco3)cc(C(F)(F)F)c2c1N=Nc1ccc(N)c2ccccc12. The van der Waals surface area contributed by atoms with Crippen molar-refractivity contribution in [2.75, 3.05) is 5.73 Å². The second kappa shape index (κ2) is 7.72. The third-order valence-electron chi connectivity index (χ3n) is 5.01. The van der Waals surface area contributed by atoms with Gasteiger partial charge < -0.3 is 10.2 Å². The lowest BCUT2D eigenvalue weighted by atomic mass is 10.1. The molecular formula is C23H12F3N5OS. The molecule has 5 rings (SSSR count). The molecule has 2 aromatic carbocycles. The van der Waals surface area contributed by atoms with Crippen LogP contribution < -0.4 is 5.73 Å². The number of hydrogen-bond donors (Lipinski definition) is 1. The van der Waals surface area contributed by atoms with Crippen LogP contribution in [0, 0.1) is 11.3 Å². The van der Waals surface area contributed by atoms with E-state index in [-0.39, 0.29) is 32.2 Å². The Morgan fingerprint density at radius 3 is 2.52 bits per heavy atom. The molecule has 0 amide bonds. The molecule has 0 saturated carbocycles. The van der Waals surface area contributed by atoms with Crippen molar-refractivity contribution in [3.63, 3.8) is 0 Å². The van der Waals surface area contributed by atoms with Gasteiger partial charge in [0, 0.05) is 16.5 Å². The van der Waals surface area contributed by atoms with Gasteiger partial charge in [0.05, 0.1) is 22.9 Å². The van der Waals surface area contributed by atoms with E-state index in [2.05, 4.69) is 15.2 Å². The Hall–Kier alpha value is -4.23. The molecule has 10 heteroatoms. The first-order chi connectivity index (χ1) is 15.9. The fourth-order valence-corrected chi connectivity index (χ4v) is 4.46. The highest BCUT2D eigenvalue weighted by atomic mass is 32.1. The number of nitrogen functional groups attached to an aromatic ring is 1. The Balaban J connectivity index is 1.74. The van der Waals surface area contributed by atoms with Gasteiger partial charge in [0.25, 0.3) is 0 Å². The first kappa shape index (κ1) is 20.7. The molecule has 0 bridgehead atoms. The van der Waals surface area contributed by atoms with Gasteiger partial charge >= 0.3 is 6.18 Å². The average molecular weight is 463 g/mol. The smallest absolute Gasteiger partial charge is 0.417 e.